The van der Waals surface area contributed by atoms with Crippen LogP contribution < -0.4 is 19.7 Å². The zero-order valence-corrected chi connectivity index (χ0v) is 21.3. The first-order valence-corrected chi connectivity index (χ1v) is 12.5. The quantitative estimate of drug-likeness (QED) is 0.301. The van der Waals surface area contributed by atoms with E-state index in [1.54, 1.807) is 32.5 Å². The molecule has 1 aliphatic rings. The molecule has 1 aliphatic heterocycles. The highest BCUT2D eigenvalue weighted by molar-refractivity contribution is 5.93. The van der Waals surface area contributed by atoms with Crippen molar-refractivity contribution in [1.29, 1.82) is 0 Å². The molecule has 0 radical (unpaired) electrons. The number of aromatic nitrogens is 6. The van der Waals surface area contributed by atoms with Crippen molar-refractivity contribution in [2.75, 3.05) is 31.7 Å². The molecule has 0 unspecified atom stereocenters. The number of ether oxygens (including phenoxy) is 2. The number of carbonyl (C=O) groups excluding carboxylic acids is 1. The zero-order chi connectivity index (χ0) is 26.5. The third kappa shape index (κ3) is 5.49. The predicted octanol–water partition coefficient (Wildman–Crippen LogP) is 2.23. The SMILES string of the molecule is COc1ccnc2[nH]nc(C3CCN(c4cc(C(=O)N[C@H](C)CO)nc(OCc5ccccn5)n4)CC3)c12. The Hall–Kier alpha value is -4.32. The molecule has 1 saturated heterocycles. The van der Waals surface area contributed by atoms with Crippen LogP contribution in [0.4, 0.5) is 5.82 Å². The van der Waals surface area contributed by atoms with E-state index in [1.807, 2.05) is 24.3 Å². The fourth-order valence-electron chi connectivity index (χ4n) is 4.51. The van der Waals surface area contributed by atoms with Gasteiger partial charge in [0.05, 0.1) is 30.5 Å². The molecule has 1 fully saturated rings. The Kier molecular flexibility index (Phi) is 7.59. The number of methoxy groups -OCH3 is 1. The van der Waals surface area contributed by atoms with Gasteiger partial charge in [0.2, 0.25) is 0 Å². The van der Waals surface area contributed by atoms with Gasteiger partial charge in [0.15, 0.2) is 5.65 Å². The van der Waals surface area contributed by atoms with E-state index in [1.165, 1.54) is 0 Å². The summed E-state index contributed by atoms with van der Waals surface area (Å²) in [6, 6.07) is 8.72. The van der Waals surface area contributed by atoms with Crippen LogP contribution in [0.1, 0.15) is 47.6 Å². The smallest absolute Gasteiger partial charge is 0.319 e. The van der Waals surface area contributed by atoms with E-state index in [2.05, 4.69) is 40.3 Å². The number of hydrogen-bond acceptors (Lipinski definition) is 10. The van der Waals surface area contributed by atoms with Gasteiger partial charge in [0.25, 0.3) is 5.91 Å². The number of aromatic amines is 1. The van der Waals surface area contributed by atoms with Gasteiger partial charge in [-0.1, -0.05) is 6.07 Å². The minimum absolute atomic E-state index is 0.0891. The molecule has 0 aromatic carbocycles. The molecule has 12 heteroatoms. The molecule has 12 nitrogen and oxygen atoms in total. The van der Waals surface area contributed by atoms with E-state index < -0.39 is 11.9 Å². The van der Waals surface area contributed by atoms with Gasteiger partial charge < -0.3 is 24.8 Å². The molecule has 1 amide bonds. The summed E-state index contributed by atoms with van der Waals surface area (Å²) in [5, 5.41) is 20.6. The number of amides is 1. The number of aliphatic hydroxyl groups excluding tert-OH is 1. The Balaban J connectivity index is 1.35. The number of nitrogens with zero attached hydrogens (tertiary/aromatic N) is 6. The summed E-state index contributed by atoms with van der Waals surface area (Å²) in [7, 11) is 1.64. The normalized spacial score (nSPS) is 14.9. The summed E-state index contributed by atoms with van der Waals surface area (Å²) in [6.45, 7) is 3.11. The Morgan fingerprint density at radius 2 is 2.05 bits per heavy atom. The monoisotopic (exact) mass is 518 g/mol. The zero-order valence-electron chi connectivity index (χ0n) is 21.3. The highest BCUT2D eigenvalue weighted by Crippen LogP contribution is 2.36. The number of H-pyrrole nitrogens is 1. The van der Waals surface area contributed by atoms with Gasteiger partial charge in [-0.2, -0.15) is 15.1 Å². The van der Waals surface area contributed by atoms with Gasteiger partial charge in [-0.05, 0) is 38.0 Å². The highest BCUT2D eigenvalue weighted by Gasteiger charge is 2.27. The van der Waals surface area contributed by atoms with E-state index >= 15 is 0 Å². The Morgan fingerprint density at radius 1 is 1.21 bits per heavy atom. The van der Waals surface area contributed by atoms with Crippen LogP contribution in [-0.2, 0) is 6.61 Å². The lowest BCUT2D eigenvalue weighted by molar-refractivity contribution is 0.0915. The first-order chi connectivity index (χ1) is 18.6. The first-order valence-electron chi connectivity index (χ1n) is 12.5. The minimum atomic E-state index is -0.412. The number of nitrogens with one attached hydrogen (secondary N) is 2. The van der Waals surface area contributed by atoms with E-state index in [0.717, 1.165) is 35.4 Å². The molecule has 5 heterocycles. The van der Waals surface area contributed by atoms with Crippen molar-refractivity contribution >= 4 is 22.8 Å². The van der Waals surface area contributed by atoms with Crippen LogP contribution in [0.25, 0.3) is 11.0 Å². The van der Waals surface area contributed by atoms with Gasteiger partial charge in [-0.3, -0.25) is 14.9 Å². The van der Waals surface area contributed by atoms with E-state index in [-0.39, 0.29) is 30.8 Å². The molecule has 0 aliphatic carbocycles. The van der Waals surface area contributed by atoms with Crippen LogP contribution in [0.3, 0.4) is 0 Å². The molecule has 0 bridgehead atoms. The summed E-state index contributed by atoms with van der Waals surface area (Å²) in [6.07, 6.45) is 5.04. The van der Waals surface area contributed by atoms with Crippen LogP contribution >= 0.6 is 0 Å². The molecule has 5 rings (SSSR count). The molecule has 1 atom stereocenters. The fraction of sp³-hybridized carbons (Fsp3) is 0.385. The van der Waals surface area contributed by atoms with Crippen molar-refractivity contribution in [3.05, 3.63) is 59.8 Å². The lowest BCUT2D eigenvalue weighted by Crippen LogP contribution is -2.36. The third-order valence-corrected chi connectivity index (χ3v) is 6.53. The number of anilines is 1. The van der Waals surface area contributed by atoms with Crippen molar-refractivity contribution in [3.8, 4) is 11.8 Å². The number of rotatable bonds is 9. The number of piperidine rings is 1. The van der Waals surface area contributed by atoms with Crippen LogP contribution in [-0.4, -0.2) is 74.0 Å². The second-order valence-corrected chi connectivity index (χ2v) is 9.17. The van der Waals surface area contributed by atoms with Crippen molar-refractivity contribution < 1.29 is 19.4 Å². The molecular weight excluding hydrogens is 488 g/mol. The average molecular weight is 519 g/mol. The molecule has 0 saturated carbocycles. The van der Waals surface area contributed by atoms with Crippen molar-refractivity contribution in [1.82, 2.24) is 35.5 Å². The summed E-state index contributed by atoms with van der Waals surface area (Å²) in [4.78, 5) is 32.5. The van der Waals surface area contributed by atoms with E-state index in [4.69, 9.17) is 9.47 Å². The van der Waals surface area contributed by atoms with Gasteiger partial charge in [-0.25, -0.2) is 4.98 Å². The van der Waals surface area contributed by atoms with Crippen molar-refractivity contribution in [2.45, 2.75) is 38.3 Å². The van der Waals surface area contributed by atoms with Crippen molar-refractivity contribution in [3.63, 3.8) is 0 Å². The second kappa shape index (κ2) is 11.4. The van der Waals surface area contributed by atoms with Gasteiger partial charge in [0.1, 0.15) is 23.9 Å². The maximum atomic E-state index is 12.8. The number of carbonyl (C=O) groups is 1. The maximum absolute atomic E-state index is 12.8. The number of pyridine rings is 2. The molecule has 198 valence electrons. The number of fused-ring (bicyclic) bond motifs is 1. The van der Waals surface area contributed by atoms with Crippen LogP contribution in [0.5, 0.6) is 11.8 Å². The summed E-state index contributed by atoms with van der Waals surface area (Å²) in [5.41, 5.74) is 2.55. The highest BCUT2D eigenvalue weighted by atomic mass is 16.5. The third-order valence-electron chi connectivity index (χ3n) is 6.53. The lowest BCUT2D eigenvalue weighted by Gasteiger charge is -2.32. The molecule has 38 heavy (non-hydrogen) atoms. The maximum Gasteiger partial charge on any atom is 0.319 e. The van der Waals surface area contributed by atoms with Gasteiger partial charge >= 0.3 is 6.01 Å². The summed E-state index contributed by atoms with van der Waals surface area (Å²) < 4.78 is 11.4. The topological polar surface area (TPSA) is 151 Å². The first kappa shape index (κ1) is 25.3. The fourth-order valence-corrected chi connectivity index (χ4v) is 4.51. The van der Waals surface area contributed by atoms with Gasteiger partial charge in [0, 0.05) is 43.5 Å². The van der Waals surface area contributed by atoms with E-state index in [0.29, 0.717) is 24.6 Å². The van der Waals surface area contributed by atoms with Crippen LogP contribution in [0.2, 0.25) is 0 Å². The van der Waals surface area contributed by atoms with E-state index in [9.17, 15) is 9.90 Å². The summed E-state index contributed by atoms with van der Waals surface area (Å²) >= 11 is 0. The number of hydrogen-bond donors (Lipinski definition) is 3. The Labute approximate surface area is 219 Å². The largest absolute Gasteiger partial charge is 0.496 e. The second-order valence-electron chi connectivity index (χ2n) is 9.17. The standard InChI is InChI=1S/C26H30N8O4/c1-16(14-35)29-25(36)19-13-21(31-26(30-19)38-15-18-5-3-4-9-27-18)34-11-7-17(8-12-34)23-22-20(37-2)6-10-28-24(22)33-32-23/h3-6,9-10,13,16-17,35H,7-8,11-12,14-15H2,1-2H3,(H,29,36)(H,28,32,33)/t16-/m1/s1. The minimum Gasteiger partial charge on any atom is -0.496 e. The molecular formula is C26H30N8O4. The van der Waals surface area contributed by atoms with Crippen LogP contribution in [0.15, 0.2) is 42.7 Å². The molecule has 3 N–H and O–H groups in total. The van der Waals surface area contributed by atoms with Crippen molar-refractivity contribution in [2.24, 2.45) is 0 Å². The Bertz CT molecular complexity index is 1390. The molecule has 4 aromatic heterocycles. The molecule has 4 aromatic rings. The molecule has 0 spiro atoms. The predicted molar refractivity (Wildman–Crippen MR) is 139 cm³/mol. The van der Waals surface area contributed by atoms with Gasteiger partial charge in [-0.15, -0.1) is 0 Å². The average Bonchev–Trinajstić information content (AvgIpc) is 3.41. The summed E-state index contributed by atoms with van der Waals surface area (Å²) in [5.74, 6) is 1.16. The lowest BCUT2D eigenvalue weighted by atomic mass is 9.92. The van der Waals surface area contributed by atoms with Crippen LogP contribution in [0, 0.1) is 0 Å². The number of aliphatic hydroxyl groups is 1. The Morgan fingerprint density at radius 3 is 2.79 bits per heavy atom.